The molecule has 70 valence electrons. The molecule has 0 aliphatic rings. The van der Waals surface area contributed by atoms with Crippen molar-refractivity contribution in [3.8, 4) is 0 Å². The molecule has 2 heteroatoms. The van der Waals surface area contributed by atoms with Crippen LogP contribution in [-0.2, 0) is 0 Å². The zero-order chi connectivity index (χ0) is 10.0. The zero-order valence-electron chi connectivity index (χ0n) is 8.33. The Balaban J connectivity index is 3.07. The Hall–Kier alpha value is -1.15. The minimum atomic E-state index is -0.569. The van der Waals surface area contributed by atoms with Gasteiger partial charge >= 0.3 is 0 Å². The van der Waals surface area contributed by atoms with E-state index in [1.807, 2.05) is 32.9 Å². The molecule has 1 aromatic rings. The van der Waals surface area contributed by atoms with Gasteiger partial charge in [0.25, 0.3) is 0 Å². The van der Waals surface area contributed by atoms with Crippen molar-refractivity contribution in [1.82, 2.24) is 4.98 Å². The first-order chi connectivity index (χ1) is 6.00. The number of aliphatic hydroxyl groups is 1. The third-order valence-corrected chi connectivity index (χ3v) is 1.89. The maximum absolute atomic E-state index is 9.72. The second-order valence-electron chi connectivity index (χ2n) is 3.43. The topological polar surface area (TPSA) is 33.1 Å². The predicted molar refractivity (Wildman–Crippen MR) is 53.5 cm³/mol. The van der Waals surface area contributed by atoms with Gasteiger partial charge in [0, 0.05) is 11.4 Å². The van der Waals surface area contributed by atoms with Crippen LogP contribution in [0.2, 0.25) is 0 Å². The highest BCUT2D eigenvalue weighted by atomic mass is 16.3. The molecule has 1 aromatic heterocycles. The van der Waals surface area contributed by atoms with Gasteiger partial charge in [-0.1, -0.05) is 6.58 Å². The molecule has 0 bridgehead atoms. The molecule has 0 spiro atoms. The van der Waals surface area contributed by atoms with Crippen LogP contribution in [0.5, 0.6) is 0 Å². The third-order valence-electron chi connectivity index (χ3n) is 1.89. The summed E-state index contributed by atoms with van der Waals surface area (Å²) in [5.41, 5.74) is 3.48. The highest BCUT2D eigenvalue weighted by Crippen LogP contribution is 2.20. The number of pyridine rings is 1. The highest BCUT2D eigenvalue weighted by molar-refractivity contribution is 5.27. The van der Waals surface area contributed by atoms with Crippen molar-refractivity contribution >= 4 is 0 Å². The molecule has 2 nitrogen and oxygen atoms in total. The van der Waals surface area contributed by atoms with Gasteiger partial charge in [0.2, 0.25) is 0 Å². The molecule has 0 fully saturated rings. The van der Waals surface area contributed by atoms with Gasteiger partial charge in [-0.05, 0) is 44.0 Å². The standard InChI is InChI=1S/C11H15NO/c1-7(2)11(13)10-5-8(3)12-9(4)6-10/h5-6,11,13H,1H2,2-4H3. The van der Waals surface area contributed by atoms with E-state index >= 15 is 0 Å². The van der Waals surface area contributed by atoms with Crippen molar-refractivity contribution in [3.63, 3.8) is 0 Å². The van der Waals surface area contributed by atoms with Gasteiger partial charge in [-0.2, -0.15) is 0 Å². The van der Waals surface area contributed by atoms with E-state index in [-0.39, 0.29) is 0 Å². The second-order valence-corrected chi connectivity index (χ2v) is 3.43. The molecule has 0 aliphatic heterocycles. The fraction of sp³-hybridized carbons (Fsp3) is 0.364. The van der Waals surface area contributed by atoms with Gasteiger partial charge in [0.1, 0.15) is 0 Å². The molecule has 0 saturated carbocycles. The molecule has 1 N–H and O–H groups in total. The number of aromatic nitrogens is 1. The fourth-order valence-corrected chi connectivity index (χ4v) is 1.31. The summed E-state index contributed by atoms with van der Waals surface area (Å²) in [7, 11) is 0. The smallest absolute Gasteiger partial charge is 0.0996 e. The second kappa shape index (κ2) is 3.71. The van der Waals surface area contributed by atoms with Crippen LogP contribution in [0.15, 0.2) is 24.3 Å². The summed E-state index contributed by atoms with van der Waals surface area (Å²) < 4.78 is 0. The van der Waals surface area contributed by atoms with Crippen molar-refractivity contribution in [2.45, 2.75) is 26.9 Å². The van der Waals surface area contributed by atoms with Gasteiger partial charge in [-0.3, -0.25) is 4.98 Å². The maximum Gasteiger partial charge on any atom is 0.0996 e. The molecule has 1 unspecified atom stereocenters. The van der Waals surface area contributed by atoms with Crippen LogP contribution in [0, 0.1) is 13.8 Å². The van der Waals surface area contributed by atoms with Crippen molar-refractivity contribution < 1.29 is 5.11 Å². The SMILES string of the molecule is C=C(C)C(O)c1cc(C)nc(C)c1. The van der Waals surface area contributed by atoms with Gasteiger partial charge in [0.05, 0.1) is 6.10 Å². The lowest BCUT2D eigenvalue weighted by atomic mass is 10.0. The number of aryl methyl sites for hydroxylation is 2. The molecule has 1 rings (SSSR count). The van der Waals surface area contributed by atoms with Gasteiger partial charge < -0.3 is 5.11 Å². The third kappa shape index (κ3) is 2.39. The molecule has 0 saturated heterocycles. The van der Waals surface area contributed by atoms with Crippen LogP contribution in [-0.4, -0.2) is 10.1 Å². The van der Waals surface area contributed by atoms with E-state index in [2.05, 4.69) is 11.6 Å². The minimum absolute atomic E-state index is 0.569. The largest absolute Gasteiger partial charge is 0.384 e. The number of hydrogen-bond donors (Lipinski definition) is 1. The molecular formula is C11H15NO. The molecule has 13 heavy (non-hydrogen) atoms. The summed E-state index contributed by atoms with van der Waals surface area (Å²) >= 11 is 0. The van der Waals surface area contributed by atoms with E-state index in [0.717, 1.165) is 22.5 Å². The summed E-state index contributed by atoms with van der Waals surface area (Å²) in [4.78, 5) is 4.24. The van der Waals surface area contributed by atoms with Crippen molar-refractivity contribution in [2.24, 2.45) is 0 Å². The van der Waals surface area contributed by atoms with Gasteiger partial charge in [-0.25, -0.2) is 0 Å². The average molecular weight is 177 g/mol. The van der Waals surface area contributed by atoms with Crippen LogP contribution in [0.3, 0.4) is 0 Å². The van der Waals surface area contributed by atoms with Crippen LogP contribution >= 0.6 is 0 Å². The average Bonchev–Trinajstić information content (AvgIpc) is 2.01. The van der Waals surface area contributed by atoms with E-state index in [9.17, 15) is 5.11 Å². The first kappa shape index (κ1) is 9.93. The number of aliphatic hydroxyl groups excluding tert-OH is 1. The lowest BCUT2D eigenvalue weighted by Gasteiger charge is -2.11. The lowest BCUT2D eigenvalue weighted by molar-refractivity contribution is 0.216. The normalized spacial score (nSPS) is 12.6. The van der Waals surface area contributed by atoms with Crippen LogP contribution in [0.1, 0.15) is 30.0 Å². The van der Waals surface area contributed by atoms with E-state index < -0.39 is 6.10 Å². The lowest BCUT2D eigenvalue weighted by Crippen LogP contribution is -2.00. The molecular weight excluding hydrogens is 162 g/mol. The Bertz CT molecular complexity index is 311. The number of nitrogens with zero attached hydrogens (tertiary/aromatic N) is 1. The Morgan fingerprint density at radius 1 is 1.38 bits per heavy atom. The minimum Gasteiger partial charge on any atom is -0.384 e. The van der Waals surface area contributed by atoms with Crippen molar-refractivity contribution in [2.75, 3.05) is 0 Å². The molecule has 0 aromatic carbocycles. The van der Waals surface area contributed by atoms with E-state index in [0.29, 0.717) is 0 Å². The Morgan fingerprint density at radius 3 is 2.23 bits per heavy atom. The molecule has 0 radical (unpaired) electrons. The van der Waals surface area contributed by atoms with Crippen molar-refractivity contribution in [1.29, 1.82) is 0 Å². The first-order valence-electron chi connectivity index (χ1n) is 4.29. The van der Waals surface area contributed by atoms with E-state index in [4.69, 9.17) is 0 Å². The van der Waals surface area contributed by atoms with E-state index in [1.165, 1.54) is 0 Å². The summed E-state index contributed by atoms with van der Waals surface area (Å²) in [6.45, 7) is 9.37. The Kier molecular flexibility index (Phi) is 2.83. The fourth-order valence-electron chi connectivity index (χ4n) is 1.31. The van der Waals surface area contributed by atoms with E-state index in [1.54, 1.807) is 0 Å². The van der Waals surface area contributed by atoms with Crippen LogP contribution in [0.4, 0.5) is 0 Å². The van der Waals surface area contributed by atoms with Crippen molar-refractivity contribution in [3.05, 3.63) is 41.2 Å². The maximum atomic E-state index is 9.72. The summed E-state index contributed by atoms with van der Waals surface area (Å²) in [5.74, 6) is 0. The number of hydrogen-bond acceptors (Lipinski definition) is 2. The monoisotopic (exact) mass is 177 g/mol. The summed E-state index contributed by atoms with van der Waals surface area (Å²) in [6, 6.07) is 3.76. The highest BCUT2D eigenvalue weighted by Gasteiger charge is 2.08. The Labute approximate surface area is 78.9 Å². The van der Waals surface area contributed by atoms with Gasteiger partial charge in [0.15, 0.2) is 0 Å². The Morgan fingerprint density at radius 2 is 1.85 bits per heavy atom. The summed E-state index contributed by atoms with van der Waals surface area (Å²) in [6.07, 6.45) is -0.569. The van der Waals surface area contributed by atoms with Crippen LogP contribution < -0.4 is 0 Å². The molecule has 0 amide bonds. The summed E-state index contributed by atoms with van der Waals surface area (Å²) in [5, 5.41) is 9.72. The quantitative estimate of drug-likeness (QED) is 0.703. The van der Waals surface area contributed by atoms with Crippen LogP contribution in [0.25, 0.3) is 0 Å². The van der Waals surface area contributed by atoms with Gasteiger partial charge in [-0.15, -0.1) is 0 Å². The first-order valence-corrected chi connectivity index (χ1v) is 4.29. The molecule has 1 atom stereocenters. The zero-order valence-corrected chi connectivity index (χ0v) is 8.33. The molecule has 0 aliphatic carbocycles. The predicted octanol–water partition coefficient (Wildman–Crippen LogP) is 2.31. The molecule has 1 heterocycles. The number of rotatable bonds is 2.